The second-order valence-electron chi connectivity index (χ2n) is 6.65. The number of ether oxygens (including phenoxy) is 2. The topological polar surface area (TPSA) is 35.5 Å². The fourth-order valence-electron chi connectivity index (χ4n) is 3.07. The maximum atomic E-state index is 11.7. The van der Waals surface area contributed by atoms with Crippen molar-refractivity contribution in [2.45, 2.75) is 58.3 Å². The molecule has 1 aliphatic rings. The third kappa shape index (κ3) is 9.85. The van der Waals surface area contributed by atoms with Crippen molar-refractivity contribution in [3.8, 4) is 9.85 Å². The lowest BCUT2D eigenvalue weighted by Gasteiger charge is -2.40. The smallest absolute Gasteiger partial charge is 0.305 e. The molecule has 1 aliphatic heterocycles. The normalized spacial score (nSPS) is 16.2. The number of hydrogen-bond donors (Lipinski definition) is 0. The number of nitrogens with zero attached hydrogens (tertiary/aromatic N) is 1. The second kappa shape index (κ2) is 13.9. The van der Waals surface area contributed by atoms with E-state index < -0.39 is 0 Å². The van der Waals surface area contributed by atoms with Crippen LogP contribution in [0.2, 0.25) is 0 Å². The molecule has 1 heterocycles. The molecule has 0 spiro atoms. The first-order valence-electron chi connectivity index (χ1n) is 9.39. The molecule has 24 heavy (non-hydrogen) atoms. The maximum absolute atomic E-state index is 11.7. The Morgan fingerprint density at radius 3 is 2.58 bits per heavy atom. The second-order valence-corrected chi connectivity index (χ2v) is 7.19. The van der Waals surface area contributed by atoms with Crippen molar-refractivity contribution in [1.29, 1.82) is 0 Å². The van der Waals surface area contributed by atoms with Gasteiger partial charge in [0.05, 0.1) is 26.4 Å². The van der Waals surface area contributed by atoms with Gasteiger partial charge in [-0.25, -0.2) is 0 Å². The number of quaternary nitrogens is 1. The summed E-state index contributed by atoms with van der Waals surface area (Å²) in [5.74, 6) is 3.20. The summed E-state index contributed by atoms with van der Waals surface area (Å²) in [6.07, 6.45) is 8.32. The van der Waals surface area contributed by atoms with Crippen molar-refractivity contribution in [1.82, 2.24) is 0 Å². The Morgan fingerprint density at radius 1 is 1.12 bits per heavy atom. The molecule has 4 nitrogen and oxygen atoms in total. The largest absolute Gasteiger partial charge is 0.466 e. The summed E-state index contributed by atoms with van der Waals surface area (Å²) in [6, 6.07) is 0. The summed E-state index contributed by atoms with van der Waals surface area (Å²) >= 11 is 2.11. The van der Waals surface area contributed by atoms with E-state index in [-0.39, 0.29) is 5.97 Å². The van der Waals surface area contributed by atoms with Crippen molar-refractivity contribution in [3.05, 3.63) is 0 Å². The Balaban J connectivity index is 2.10. The molecule has 0 N–H and O–H groups in total. The predicted octanol–water partition coefficient (Wildman–Crippen LogP) is 3.91. The fourth-order valence-corrected chi connectivity index (χ4v) is 3.24. The third-order valence-electron chi connectivity index (χ3n) is 4.68. The summed E-state index contributed by atoms with van der Waals surface area (Å²) < 4.78 is 14.8. The average molecular weight is 450 g/mol. The van der Waals surface area contributed by atoms with Crippen LogP contribution in [0, 0.1) is 9.85 Å². The number of rotatable bonds is 12. The minimum absolute atomic E-state index is 0.0300. The maximum Gasteiger partial charge on any atom is 0.305 e. The van der Waals surface area contributed by atoms with Gasteiger partial charge in [-0.15, -0.1) is 0 Å². The van der Waals surface area contributed by atoms with E-state index in [4.69, 9.17) is 9.47 Å². The van der Waals surface area contributed by atoms with Crippen molar-refractivity contribution in [2.75, 3.05) is 46.0 Å². The average Bonchev–Trinajstić information content (AvgIpc) is 2.60. The van der Waals surface area contributed by atoms with Crippen LogP contribution >= 0.6 is 22.6 Å². The molecule has 0 atom stereocenters. The van der Waals surface area contributed by atoms with Crippen LogP contribution in [0.5, 0.6) is 0 Å². The van der Waals surface area contributed by atoms with Gasteiger partial charge < -0.3 is 14.0 Å². The first kappa shape index (κ1) is 21.7. The number of esters is 1. The highest BCUT2D eigenvalue weighted by molar-refractivity contribution is 14.1. The van der Waals surface area contributed by atoms with Crippen LogP contribution < -0.4 is 0 Å². The zero-order valence-corrected chi connectivity index (χ0v) is 17.3. The van der Waals surface area contributed by atoms with Crippen molar-refractivity contribution >= 4 is 28.6 Å². The number of hydrogen-bond acceptors (Lipinski definition) is 3. The molecule has 0 radical (unpaired) electrons. The molecule has 5 heteroatoms. The van der Waals surface area contributed by atoms with Gasteiger partial charge >= 0.3 is 5.97 Å². The van der Waals surface area contributed by atoms with E-state index in [9.17, 15) is 4.79 Å². The lowest BCUT2D eigenvalue weighted by Crippen LogP contribution is -2.55. The monoisotopic (exact) mass is 450 g/mol. The molecule has 0 aromatic carbocycles. The zero-order chi connectivity index (χ0) is 17.5. The van der Waals surface area contributed by atoms with Crippen LogP contribution in [-0.2, 0) is 14.3 Å². The van der Waals surface area contributed by atoms with E-state index in [0.29, 0.717) is 13.0 Å². The zero-order valence-electron chi connectivity index (χ0n) is 15.2. The number of carbonyl (C=O) groups is 1. The SMILES string of the molecule is CCCCCCOC(=O)CCCCC[N+]1(CC#CI)CCOCC1. The summed E-state index contributed by atoms with van der Waals surface area (Å²) in [6.45, 7) is 8.64. The van der Waals surface area contributed by atoms with Gasteiger partial charge in [0.15, 0.2) is 0 Å². The summed E-state index contributed by atoms with van der Waals surface area (Å²) in [4.78, 5) is 11.7. The molecular formula is C19H33INO3+. The Labute approximate surface area is 161 Å². The minimum atomic E-state index is -0.0300. The molecule has 138 valence electrons. The predicted molar refractivity (Wildman–Crippen MR) is 106 cm³/mol. The first-order valence-corrected chi connectivity index (χ1v) is 10.5. The summed E-state index contributed by atoms with van der Waals surface area (Å²) in [7, 11) is 0. The molecule has 1 saturated heterocycles. The standard InChI is InChI=1S/C19H33INO3/c1-2-3-4-8-16-24-19(22)10-6-5-7-12-21(13-9-11-20)14-17-23-18-15-21/h2-8,10,12-18H2,1H3/q+1. The molecule has 0 aliphatic carbocycles. The third-order valence-corrected chi connectivity index (χ3v) is 5.06. The van der Waals surface area contributed by atoms with E-state index >= 15 is 0 Å². The van der Waals surface area contributed by atoms with E-state index in [2.05, 4.69) is 39.4 Å². The number of carbonyl (C=O) groups excluding carboxylic acids is 1. The van der Waals surface area contributed by atoms with Gasteiger partial charge in [0.1, 0.15) is 19.6 Å². The van der Waals surface area contributed by atoms with Gasteiger partial charge in [-0.3, -0.25) is 4.79 Å². The minimum Gasteiger partial charge on any atom is -0.466 e. The lowest BCUT2D eigenvalue weighted by molar-refractivity contribution is -0.928. The van der Waals surface area contributed by atoms with Gasteiger partial charge in [-0.2, -0.15) is 0 Å². The molecule has 0 unspecified atom stereocenters. The molecule has 0 aromatic rings. The Bertz CT molecular complexity index is 397. The van der Waals surface area contributed by atoms with E-state index in [1.54, 1.807) is 0 Å². The van der Waals surface area contributed by atoms with Crippen molar-refractivity contribution in [2.24, 2.45) is 0 Å². The molecule has 0 bridgehead atoms. The van der Waals surface area contributed by atoms with E-state index in [1.165, 1.54) is 12.8 Å². The molecule has 0 saturated carbocycles. The van der Waals surface area contributed by atoms with Crippen molar-refractivity contribution < 1.29 is 18.8 Å². The van der Waals surface area contributed by atoms with Crippen LogP contribution in [0.25, 0.3) is 0 Å². The van der Waals surface area contributed by atoms with Gasteiger partial charge in [0.25, 0.3) is 0 Å². The van der Waals surface area contributed by atoms with Crippen LogP contribution in [0.3, 0.4) is 0 Å². The van der Waals surface area contributed by atoms with Gasteiger partial charge in [-0.05, 0) is 35.5 Å². The molecular weight excluding hydrogens is 417 g/mol. The number of halogens is 1. The quantitative estimate of drug-likeness (QED) is 0.149. The molecule has 1 rings (SSSR count). The fraction of sp³-hybridized carbons (Fsp3) is 0.842. The van der Waals surface area contributed by atoms with E-state index in [0.717, 1.165) is 76.0 Å². The molecule has 0 aromatic heterocycles. The van der Waals surface area contributed by atoms with Crippen LogP contribution in [0.15, 0.2) is 0 Å². The molecule has 1 fully saturated rings. The molecule has 0 amide bonds. The van der Waals surface area contributed by atoms with E-state index in [1.807, 2.05) is 0 Å². The first-order chi connectivity index (χ1) is 11.7. The Morgan fingerprint density at radius 2 is 1.88 bits per heavy atom. The lowest BCUT2D eigenvalue weighted by atomic mass is 10.1. The number of unbranched alkanes of at least 4 members (excludes halogenated alkanes) is 5. The van der Waals surface area contributed by atoms with Crippen LogP contribution in [-0.4, -0.2) is 56.5 Å². The van der Waals surface area contributed by atoms with Gasteiger partial charge in [0, 0.05) is 29.0 Å². The Hall–Kier alpha value is -0.320. The Kier molecular flexibility index (Phi) is 12.6. The number of morpholine rings is 1. The highest BCUT2D eigenvalue weighted by Gasteiger charge is 2.28. The highest BCUT2D eigenvalue weighted by atomic mass is 127. The highest BCUT2D eigenvalue weighted by Crippen LogP contribution is 2.14. The van der Waals surface area contributed by atoms with Crippen LogP contribution in [0.4, 0.5) is 0 Å². The van der Waals surface area contributed by atoms with Crippen LogP contribution in [0.1, 0.15) is 58.3 Å². The van der Waals surface area contributed by atoms with Gasteiger partial charge in [0.2, 0.25) is 0 Å². The van der Waals surface area contributed by atoms with Crippen molar-refractivity contribution in [3.63, 3.8) is 0 Å². The summed E-state index contributed by atoms with van der Waals surface area (Å²) in [5.41, 5.74) is 0. The summed E-state index contributed by atoms with van der Waals surface area (Å²) in [5, 5.41) is 0. The van der Waals surface area contributed by atoms with Gasteiger partial charge in [-0.1, -0.05) is 26.2 Å².